The topological polar surface area (TPSA) is 114 Å². The molecule has 0 aliphatic heterocycles. The number of nitrogens with two attached hydrogens (primary N) is 2. The number of nitrogens with zero attached hydrogens (tertiary/aromatic N) is 4. The minimum atomic E-state index is -0.402. The minimum Gasteiger partial charge on any atom is -0.384 e. The number of pyridine rings is 1. The number of imidazole rings is 1. The number of carbonyl (C=O) groups is 1. The van der Waals surface area contributed by atoms with Crippen LogP contribution in [0, 0.1) is 0 Å². The van der Waals surface area contributed by atoms with Crippen LogP contribution in [0.2, 0.25) is 0 Å². The molecule has 0 aliphatic carbocycles. The average Bonchev–Trinajstić information content (AvgIpc) is 3.54. The van der Waals surface area contributed by atoms with Crippen molar-refractivity contribution in [2.75, 3.05) is 19.5 Å². The van der Waals surface area contributed by atoms with Crippen molar-refractivity contribution in [3.05, 3.63) is 83.9 Å². The number of rotatable bonds is 10. The average molecular weight is 483 g/mol. The Balaban J connectivity index is 1.41. The number of carbonyl (C=O) groups excluding carboxylic acids is 1. The first kappa shape index (κ1) is 23.6. The van der Waals surface area contributed by atoms with E-state index in [-0.39, 0.29) is 0 Å². The number of hydrogen-bond donors (Lipinski definition) is 2. The molecule has 0 radical (unpaired) electrons. The number of nitrogen functional groups attached to an aromatic ring is 1. The van der Waals surface area contributed by atoms with Crippen LogP contribution in [0.5, 0.6) is 0 Å². The van der Waals surface area contributed by atoms with Crippen LogP contribution in [0.3, 0.4) is 0 Å². The third-order valence-corrected chi connectivity index (χ3v) is 6.55. The van der Waals surface area contributed by atoms with Crippen LogP contribution >= 0.6 is 0 Å². The molecule has 0 atom stereocenters. The molecule has 0 fully saturated rings. The molecular formula is C28H30N6O2. The van der Waals surface area contributed by atoms with Gasteiger partial charge in [-0.2, -0.15) is 0 Å². The fraction of sp³-hybridized carbons (Fsp3) is 0.250. The zero-order valence-corrected chi connectivity index (χ0v) is 20.4. The second-order valence-corrected chi connectivity index (χ2v) is 8.89. The highest BCUT2D eigenvalue weighted by molar-refractivity contribution is 6.06. The molecule has 184 valence electrons. The molecule has 0 bridgehead atoms. The summed E-state index contributed by atoms with van der Waals surface area (Å²) in [6.07, 6.45) is 7.19. The number of aryl methyl sites for hydroxylation is 2. The van der Waals surface area contributed by atoms with Gasteiger partial charge in [0.25, 0.3) is 0 Å². The number of aromatic nitrogens is 4. The molecule has 4 N–H and O–H groups in total. The number of unbranched alkanes of at least 4 members (excludes halogenated alkanes) is 1. The van der Waals surface area contributed by atoms with Crippen molar-refractivity contribution in [1.82, 2.24) is 19.1 Å². The van der Waals surface area contributed by atoms with Crippen LogP contribution in [0.1, 0.15) is 34.6 Å². The van der Waals surface area contributed by atoms with Gasteiger partial charge in [0.15, 0.2) is 5.82 Å². The first-order valence-corrected chi connectivity index (χ1v) is 12.1. The Labute approximate surface area is 209 Å². The molecule has 0 saturated carbocycles. The molecular weight excluding hydrogens is 452 g/mol. The number of hydrogen-bond acceptors (Lipinski definition) is 5. The van der Waals surface area contributed by atoms with E-state index < -0.39 is 5.91 Å². The summed E-state index contributed by atoms with van der Waals surface area (Å²) in [5.41, 5.74) is 17.1. The predicted molar refractivity (Wildman–Crippen MR) is 142 cm³/mol. The van der Waals surface area contributed by atoms with Gasteiger partial charge >= 0.3 is 0 Å². The van der Waals surface area contributed by atoms with Gasteiger partial charge in [-0.15, -0.1) is 0 Å². The Morgan fingerprint density at radius 2 is 1.81 bits per heavy atom. The van der Waals surface area contributed by atoms with E-state index in [0.29, 0.717) is 24.4 Å². The van der Waals surface area contributed by atoms with E-state index in [0.717, 1.165) is 64.8 Å². The summed E-state index contributed by atoms with van der Waals surface area (Å²) in [5, 5.41) is 1.04. The maximum Gasteiger partial charge on any atom is 0.248 e. The molecule has 3 heterocycles. The zero-order chi connectivity index (χ0) is 25.1. The fourth-order valence-electron chi connectivity index (χ4n) is 4.81. The number of primary amides is 1. The second-order valence-electron chi connectivity index (χ2n) is 8.89. The smallest absolute Gasteiger partial charge is 0.248 e. The number of anilines is 1. The van der Waals surface area contributed by atoms with E-state index in [2.05, 4.69) is 21.7 Å². The third-order valence-electron chi connectivity index (χ3n) is 6.55. The van der Waals surface area contributed by atoms with Crippen LogP contribution in [0.25, 0.3) is 27.6 Å². The van der Waals surface area contributed by atoms with E-state index in [9.17, 15) is 4.79 Å². The molecule has 0 unspecified atom stereocenters. The highest BCUT2D eigenvalue weighted by Crippen LogP contribution is 2.29. The van der Waals surface area contributed by atoms with E-state index in [4.69, 9.17) is 21.2 Å². The highest BCUT2D eigenvalue weighted by atomic mass is 16.5. The van der Waals surface area contributed by atoms with E-state index in [1.54, 1.807) is 7.11 Å². The lowest BCUT2D eigenvalue weighted by atomic mass is 10.0. The van der Waals surface area contributed by atoms with E-state index >= 15 is 0 Å². The second kappa shape index (κ2) is 10.2. The van der Waals surface area contributed by atoms with E-state index in [1.807, 2.05) is 59.4 Å². The lowest BCUT2D eigenvalue weighted by Crippen LogP contribution is -2.14. The minimum absolute atomic E-state index is 0.402. The molecule has 1 amide bonds. The summed E-state index contributed by atoms with van der Waals surface area (Å²) in [5.74, 6) is 0.971. The van der Waals surface area contributed by atoms with Crippen LogP contribution in [-0.2, 0) is 24.1 Å². The Hall–Kier alpha value is -4.17. The number of para-hydroxylation sites is 1. The van der Waals surface area contributed by atoms with Crippen LogP contribution in [0.15, 0.2) is 67.0 Å². The van der Waals surface area contributed by atoms with Crippen LogP contribution in [-0.4, -0.2) is 38.7 Å². The van der Waals surface area contributed by atoms with Crippen molar-refractivity contribution < 1.29 is 9.53 Å². The molecule has 36 heavy (non-hydrogen) atoms. The molecule has 8 nitrogen and oxygen atoms in total. The highest BCUT2D eigenvalue weighted by Gasteiger charge is 2.17. The van der Waals surface area contributed by atoms with Crippen molar-refractivity contribution in [1.29, 1.82) is 0 Å². The summed E-state index contributed by atoms with van der Waals surface area (Å²) in [6, 6.07) is 17.8. The number of fused-ring (bicyclic) bond motifs is 3. The number of amides is 1. The Kier molecular flexibility index (Phi) is 6.69. The molecule has 0 saturated heterocycles. The standard InChI is InChI=1S/C28H30N6O2/c1-36-17-13-24-32-25-26(22-9-2-3-10-23(22)31-27(25)29)34(24)16-5-4-8-19-18-20(33-14-6-7-15-33)11-12-21(19)28(30)35/h2-3,6-7,9-12,14-15,18H,4-5,8,13,16-17H2,1H3,(H2,29,31)(H2,30,35). The molecule has 3 aromatic heterocycles. The molecule has 0 spiro atoms. The first-order chi connectivity index (χ1) is 17.6. The quantitative estimate of drug-likeness (QED) is 0.289. The maximum atomic E-state index is 12.1. The third kappa shape index (κ3) is 4.55. The first-order valence-electron chi connectivity index (χ1n) is 12.1. The SMILES string of the molecule is COCCc1nc2c(N)nc3ccccc3c2n1CCCCc1cc(-n2cccc2)ccc1C(N)=O. The summed E-state index contributed by atoms with van der Waals surface area (Å²) in [4.78, 5) is 21.5. The predicted octanol–water partition coefficient (Wildman–Crippen LogP) is 4.27. The summed E-state index contributed by atoms with van der Waals surface area (Å²) in [7, 11) is 1.69. The summed E-state index contributed by atoms with van der Waals surface area (Å²) in [6.45, 7) is 1.34. The Morgan fingerprint density at radius 3 is 2.58 bits per heavy atom. The van der Waals surface area contributed by atoms with Gasteiger partial charge in [-0.3, -0.25) is 4.79 Å². The van der Waals surface area contributed by atoms with Gasteiger partial charge in [-0.05, 0) is 61.2 Å². The maximum absolute atomic E-state index is 12.1. The molecule has 2 aromatic carbocycles. The number of methoxy groups -OCH3 is 1. The van der Waals surface area contributed by atoms with Gasteiger partial charge in [0.2, 0.25) is 5.91 Å². The van der Waals surface area contributed by atoms with Crippen LogP contribution in [0.4, 0.5) is 5.82 Å². The van der Waals surface area contributed by atoms with Gasteiger partial charge in [-0.1, -0.05) is 18.2 Å². The van der Waals surface area contributed by atoms with Crippen molar-refractivity contribution in [2.45, 2.75) is 32.2 Å². The van der Waals surface area contributed by atoms with Crippen molar-refractivity contribution in [2.24, 2.45) is 5.73 Å². The monoisotopic (exact) mass is 482 g/mol. The zero-order valence-electron chi connectivity index (χ0n) is 20.4. The van der Waals surface area contributed by atoms with Gasteiger partial charge in [0.05, 0.1) is 17.6 Å². The fourth-order valence-corrected chi connectivity index (χ4v) is 4.81. The Morgan fingerprint density at radius 1 is 1.00 bits per heavy atom. The van der Waals surface area contributed by atoms with Gasteiger partial charge in [0, 0.05) is 49.1 Å². The van der Waals surface area contributed by atoms with Crippen molar-refractivity contribution in [3.8, 4) is 5.69 Å². The van der Waals surface area contributed by atoms with E-state index in [1.165, 1.54) is 0 Å². The van der Waals surface area contributed by atoms with Crippen molar-refractivity contribution in [3.63, 3.8) is 0 Å². The normalized spacial score (nSPS) is 11.5. The molecule has 5 rings (SSSR count). The summed E-state index contributed by atoms with van der Waals surface area (Å²) < 4.78 is 9.60. The van der Waals surface area contributed by atoms with Gasteiger partial charge < -0.3 is 25.3 Å². The lowest BCUT2D eigenvalue weighted by molar-refractivity contribution is 0.0999. The number of benzene rings is 2. The summed E-state index contributed by atoms with van der Waals surface area (Å²) >= 11 is 0. The number of ether oxygens (including phenoxy) is 1. The van der Waals surface area contributed by atoms with Gasteiger partial charge in [-0.25, -0.2) is 9.97 Å². The molecule has 5 aromatic rings. The largest absolute Gasteiger partial charge is 0.384 e. The van der Waals surface area contributed by atoms with Crippen LogP contribution < -0.4 is 11.5 Å². The van der Waals surface area contributed by atoms with Gasteiger partial charge in [0.1, 0.15) is 11.3 Å². The van der Waals surface area contributed by atoms with Crippen molar-refractivity contribution >= 4 is 33.7 Å². The molecule has 0 aliphatic rings. The Bertz CT molecular complexity index is 1520. The lowest BCUT2D eigenvalue weighted by Gasteiger charge is -2.13. The molecule has 8 heteroatoms.